The van der Waals surface area contributed by atoms with Crippen molar-refractivity contribution >= 4 is 11.5 Å². The van der Waals surface area contributed by atoms with Crippen LogP contribution in [0.1, 0.15) is 25.7 Å². The summed E-state index contributed by atoms with van der Waals surface area (Å²) in [5, 5.41) is 17.2. The van der Waals surface area contributed by atoms with Crippen LogP contribution in [0.5, 0.6) is 0 Å². The Morgan fingerprint density at radius 3 is 2.47 bits per heavy atom. The van der Waals surface area contributed by atoms with Crippen molar-refractivity contribution in [2.24, 2.45) is 10.7 Å². The number of allylic oxidation sites excluding steroid dienone is 2. The Morgan fingerprint density at radius 2 is 1.93 bits per heavy atom. The van der Waals surface area contributed by atoms with Gasteiger partial charge in [-0.25, -0.2) is 4.99 Å². The first kappa shape index (κ1) is 10.9. The van der Waals surface area contributed by atoms with Gasteiger partial charge >= 0.3 is 0 Å². The summed E-state index contributed by atoms with van der Waals surface area (Å²) in [6.07, 6.45) is 2.76. The van der Waals surface area contributed by atoms with Gasteiger partial charge in [0.2, 0.25) is 0 Å². The molecule has 0 aromatic rings. The smallest absolute Gasteiger partial charge is 0.177 e. The molecule has 0 heterocycles. The zero-order valence-corrected chi connectivity index (χ0v) is 8.16. The molecule has 1 rings (SSSR count). The van der Waals surface area contributed by atoms with E-state index in [2.05, 4.69) is 4.99 Å². The summed E-state index contributed by atoms with van der Waals surface area (Å²) < 4.78 is 0. The topological polar surface area (TPSA) is 103 Å². The fourth-order valence-electron chi connectivity index (χ4n) is 1.31. The summed E-state index contributed by atoms with van der Waals surface area (Å²) in [4.78, 5) is 15.2. The molecule has 76 valence electrons. The maximum atomic E-state index is 11.4. The van der Waals surface area contributed by atoms with E-state index in [-0.39, 0.29) is 17.2 Å². The Labute approximate surface area is 87.5 Å². The van der Waals surface area contributed by atoms with E-state index in [1.54, 1.807) is 12.1 Å². The molecule has 0 radical (unpaired) electrons. The molecule has 0 amide bonds. The molecule has 5 heteroatoms. The molecule has 0 aliphatic heterocycles. The monoisotopic (exact) mass is 202 g/mol. The van der Waals surface area contributed by atoms with Crippen molar-refractivity contribution < 1.29 is 4.79 Å². The van der Waals surface area contributed by atoms with Gasteiger partial charge in [0.05, 0.1) is 5.71 Å². The minimum absolute atomic E-state index is 0.0558. The van der Waals surface area contributed by atoms with Crippen molar-refractivity contribution in [3.8, 4) is 12.1 Å². The largest absolute Gasteiger partial charge is 0.388 e. The van der Waals surface area contributed by atoms with Gasteiger partial charge in [0, 0.05) is 6.42 Å². The summed E-state index contributed by atoms with van der Waals surface area (Å²) in [6, 6.07) is 3.35. The first-order valence-corrected chi connectivity index (χ1v) is 4.59. The maximum absolute atomic E-state index is 11.4. The second kappa shape index (κ2) is 4.92. The predicted molar refractivity (Wildman–Crippen MR) is 53.3 cm³/mol. The van der Waals surface area contributed by atoms with Crippen molar-refractivity contribution in [1.82, 2.24) is 0 Å². The molecule has 0 spiro atoms. The number of hydrogen-bond acceptors (Lipinski definition) is 5. The van der Waals surface area contributed by atoms with Gasteiger partial charge < -0.3 is 5.73 Å². The standard InChI is InChI=1S/C10H10N4O/c11-5-7(13)9(6-12)14-8-3-1-2-4-10(8)15/h1-4,13H2/b9-7+,14-8?. The lowest BCUT2D eigenvalue weighted by molar-refractivity contribution is -0.113. The van der Waals surface area contributed by atoms with Gasteiger partial charge in [0.15, 0.2) is 11.5 Å². The molecule has 1 aliphatic carbocycles. The van der Waals surface area contributed by atoms with E-state index in [9.17, 15) is 4.79 Å². The highest BCUT2D eigenvalue weighted by atomic mass is 16.1. The van der Waals surface area contributed by atoms with Crippen molar-refractivity contribution in [2.45, 2.75) is 25.7 Å². The van der Waals surface area contributed by atoms with Crippen molar-refractivity contribution in [3.63, 3.8) is 0 Å². The molecular weight excluding hydrogens is 192 g/mol. The second-order valence-corrected chi connectivity index (χ2v) is 3.17. The number of nitrogens with two attached hydrogens (primary N) is 1. The normalized spacial score (nSPS) is 20.4. The first-order valence-electron chi connectivity index (χ1n) is 4.59. The second-order valence-electron chi connectivity index (χ2n) is 3.17. The number of carbonyl (C=O) groups is 1. The van der Waals surface area contributed by atoms with E-state index in [4.69, 9.17) is 16.3 Å². The van der Waals surface area contributed by atoms with E-state index < -0.39 is 0 Å². The number of aliphatic imine (C=N–C) groups is 1. The lowest BCUT2D eigenvalue weighted by atomic mass is 9.97. The highest BCUT2D eigenvalue weighted by molar-refractivity contribution is 6.40. The van der Waals surface area contributed by atoms with Crippen molar-refractivity contribution in [1.29, 1.82) is 10.5 Å². The summed E-state index contributed by atoms with van der Waals surface area (Å²) >= 11 is 0. The molecule has 0 aromatic heterocycles. The molecular formula is C10H10N4O. The molecule has 1 aliphatic rings. The number of rotatable bonds is 1. The first-order chi connectivity index (χ1) is 7.19. The number of ketones is 1. The Kier molecular flexibility index (Phi) is 3.59. The summed E-state index contributed by atoms with van der Waals surface area (Å²) in [7, 11) is 0. The van der Waals surface area contributed by atoms with Crippen LogP contribution >= 0.6 is 0 Å². The third kappa shape index (κ3) is 2.65. The molecule has 0 aromatic carbocycles. The van der Waals surface area contributed by atoms with Crippen LogP contribution in [0.15, 0.2) is 16.4 Å². The van der Waals surface area contributed by atoms with Crippen LogP contribution in [-0.4, -0.2) is 11.5 Å². The molecule has 0 unspecified atom stereocenters. The van der Waals surface area contributed by atoms with E-state index in [1.165, 1.54) is 0 Å². The van der Waals surface area contributed by atoms with Crippen LogP contribution in [0.3, 0.4) is 0 Å². The zero-order valence-electron chi connectivity index (χ0n) is 8.16. The Hall–Kier alpha value is -2.14. The van der Waals surface area contributed by atoms with E-state index in [0.29, 0.717) is 18.6 Å². The predicted octanol–water partition coefficient (Wildman–Crippen LogP) is 0.788. The van der Waals surface area contributed by atoms with Crippen LogP contribution < -0.4 is 5.73 Å². The molecule has 1 saturated carbocycles. The van der Waals surface area contributed by atoms with Gasteiger partial charge in [-0.05, 0) is 19.3 Å². The van der Waals surface area contributed by atoms with Crippen molar-refractivity contribution in [2.75, 3.05) is 0 Å². The van der Waals surface area contributed by atoms with Crippen molar-refractivity contribution in [3.05, 3.63) is 11.4 Å². The van der Waals surface area contributed by atoms with E-state index in [1.807, 2.05) is 0 Å². The number of Topliss-reactive ketones (excluding diaryl/α,β-unsaturated/α-hetero) is 1. The van der Waals surface area contributed by atoms with Crippen LogP contribution in [-0.2, 0) is 4.79 Å². The average molecular weight is 202 g/mol. The number of nitrogens with zero attached hydrogens (tertiary/aromatic N) is 3. The molecule has 2 N–H and O–H groups in total. The highest BCUT2D eigenvalue weighted by Gasteiger charge is 2.17. The van der Waals surface area contributed by atoms with Gasteiger partial charge in [-0.3, -0.25) is 4.79 Å². The Bertz CT molecular complexity index is 420. The molecule has 5 nitrogen and oxygen atoms in total. The lowest BCUT2D eigenvalue weighted by Crippen LogP contribution is -2.19. The van der Waals surface area contributed by atoms with Crippen LogP contribution in [0, 0.1) is 22.7 Å². The zero-order chi connectivity index (χ0) is 11.3. The van der Waals surface area contributed by atoms with Crippen LogP contribution in [0.2, 0.25) is 0 Å². The van der Waals surface area contributed by atoms with Gasteiger partial charge in [-0.15, -0.1) is 0 Å². The van der Waals surface area contributed by atoms with Gasteiger partial charge in [-0.1, -0.05) is 0 Å². The highest BCUT2D eigenvalue weighted by Crippen LogP contribution is 2.14. The summed E-state index contributed by atoms with van der Waals surface area (Å²) in [6.45, 7) is 0. The molecule has 1 fully saturated rings. The number of carbonyl (C=O) groups excluding carboxylic acids is 1. The van der Waals surface area contributed by atoms with Gasteiger partial charge in [0.25, 0.3) is 0 Å². The number of nitriles is 2. The SMILES string of the molecule is N#C/C(N)=C(/C#N)N=C1CCCCC1=O. The fourth-order valence-corrected chi connectivity index (χ4v) is 1.31. The Balaban J connectivity index is 3.01. The van der Waals surface area contributed by atoms with Crippen LogP contribution in [0.4, 0.5) is 0 Å². The molecule has 15 heavy (non-hydrogen) atoms. The summed E-state index contributed by atoms with van der Waals surface area (Å²) in [5.74, 6) is -0.0558. The van der Waals surface area contributed by atoms with Crippen LogP contribution in [0.25, 0.3) is 0 Å². The molecule has 0 saturated heterocycles. The lowest BCUT2D eigenvalue weighted by Gasteiger charge is -2.10. The fraction of sp³-hybridized carbons (Fsp3) is 0.400. The summed E-state index contributed by atoms with van der Waals surface area (Å²) in [5.41, 5.74) is 5.21. The molecule has 0 bridgehead atoms. The quantitative estimate of drug-likeness (QED) is 0.634. The Morgan fingerprint density at radius 1 is 1.27 bits per heavy atom. The van der Waals surface area contributed by atoms with Gasteiger partial charge in [0.1, 0.15) is 17.8 Å². The van der Waals surface area contributed by atoms with E-state index in [0.717, 1.165) is 12.8 Å². The minimum atomic E-state index is -0.247. The maximum Gasteiger partial charge on any atom is 0.177 e. The van der Waals surface area contributed by atoms with E-state index >= 15 is 0 Å². The third-order valence-corrected chi connectivity index (χ3v) is 2.12. The minimum Gasteiger partial charge on any atom is -0.388 e. The molecule has 0 atom stereocenters. The number of hydrogen-bond donors (Lipinski definition) is 1. The average Bonchev–Trinajstić information content (AvgIpc) is 2.27. The third-order valence-electron chi connectivity index (χ3n) is 2.12. The van der Waals surface area contributed by atoms with Gasteiger partial charge in [-0.2, -0.15) is 10.5 Å².